The zero-order valence-electron chi connectivity index (χ0n) is 11.5. The Morgan fingerprint density at radius 2 is 1.95 bits per heavy atom. The molecule has 0 aromatic heterocycles. The molecule has 0 radical (unpaired) electrons. The highest BCUT2D eigenvalue weighted by atomic mass is 19.2. The van der Waals surface area contributed by atoms with E-state index in [2.05, 4.69) is 10.2 Å². The van der Waals surface area contributed by atoms with Crippen LogP contribution in [-0.2, 0) is 11.2 Å². The van der Waals surface area contributed by atoms with Crippen LogP contribution >= 0.6 is 0 Å². The molecular weight excluding hydrogens is 262 g/mol. The summed E-state index contributed by atoms with van der Waals surface area (Å²) in [6.07, 6.45) is 3.01. The van der Waals surface area contributed by atoms with Crippen molar-refractivity contribution >= 4 is 5.69 Å². The van der Waals surface area contributed by atoms with Crippen LogP contribution in [0.4, 0.5) is 14.5 Å². The second-order valence-corrected chi connectivity index (χ2v) is 5.49. The number of nitrogens with zero attached hydrogens (tertiary/aromatic N) is 1. The normalized spacial score (nSPS) is 23.3. The Morgan fingerprint density at radius 1 is 1.20 bits per heavy atom. The zero-order valence-corrected chi connectivity index (χ0v) is 11.5. The van der Waals surface area contributed by atoms with Gasteiger partial charge in [-0.05, 0) is 37.4 Å². The minimum Gasteiger partial charge on any atom is -0.378 e. The van der Waals surface area contributed by atoms with Crippen LogP contribution in [0.3, 0.4) is 0 Å². The molecule has 1 atom stereocenters. The number of morpholine rings is 1. The van der Waals surface area contributed by atoms with Crippen LogP contribution in [-0.4, -0.2) is 38.9 Å². The van der Waals surface area contributed by atoms with Crippen LogP contribution in [0.25, 0.3) is 0 Å². The number of hydrogen-bond donors (Lipinski definition) is 1. The summed E-state index contributed by atoms with van der Waals surface area (Å²) < 4.78 is 32.5. The number of halogens is 2. The van der Waals surface area contributed by atoms with E-state index in [0.29, 0.717) is 19.3 Å². The van der Waals surface area contributed by atoms with Gasteiger partial charge in [-0.3, -0.25) is 0 Å². The third-order valence-corrected chi connectivity index (χ3v) is 4.10. The second-order valence-electron chi connectivity index (χ2n) is 5.49. The van der Waals surface area contributed by atoms with Gasteiger partial charge in [0.2, 0.25) is 0 Å². The molecule has 5 heteroatoms. The maximum Gasteiger partial charge on any atom is 0.160 e. The van der Waals surface area contributed by atoms with Crippen molar-refractivity contribution in [3.05, 3.63) is 29.3 Å². The lowest BCUT2D eigenvalue weighted by atomic mass is 10.0. The van der Waals surface area contributed by atoms with Crippen molar-refractivity contribution in [2.45, 2.75) is 25.3 Å². The number of nitrogens with one attached hydrogen (secondary N) is 1. The Bertz CT molecular complexity index is 469. The Kier molecular flexibility index (Phi) is 4.17. The SMILES string of the molecule is Fc1cc(CC2CCCN2)c(N2CCOCC2)cc1F. The summed E-state index contributed by atoms with van der Waals surface area (Å²) in [5, 5.41) is 3.41. The molecule has 0 spiro atoms. The van der Waals surface area contributed by atoms with Crippen molar-refractivity contribution < 1.29 is 13.5 Å². The van der Waals surface area contributed by atoms with Crippen LogP contribution < -0.4 is 10.2 Å². The van der Waals surface area contributed by atoms with Crippen LogP contribution in [0.1, 0.15) is 18.4 Å². The fourth-order valence-electron chi connectivity index (χ4n) is 3.04. The van der Waals surface area contributed by atoms with Crippen molar-refractivity contribution in [2.24, 2.45) is 0 Å². The number of benzene rings is 1. The predicted octanol–water partition coefficient (Wildman–Crippen LogP) is 2.10. The van der Waals surface area contributed by atoms with E-state index in [1.54, 1.807) is 0 Å². The topological polar surface area (TPSA) is 24.5 Å². The molecular formula is C15H20F2N2O. The third-order valence-electron chi connectivity index (χ3n) is 4.10. The highest BCUT2D eigenvalue weighted by molar-refractivity contribution is 5.55. The van der Waals surface area contributed by atoms with Crippen molar-refractivity contribution in [3.8, 4) is 0 Å². The number of rotatable bonds is 3. The molecule has 2 aliphatic rings. The van der Waals surface area contributed by atoms with Crippen molar-refractivity contribution in [1.82, 2.24) is 5.32 Å². The van der Waals surface area contributed by atoms with Gasteiger partial charge >= 0.3 is 0 Å². The van der Waals surface area contributed by atoms with Gasteiger partial charge in [0.05, 0.1) is 13.2 Å². The molecule has 2 heterocycles. The quantitative estimate of drug-likeness (QED) is 0.919. The van der Waals surface area contributed by atoms with Crippen molar-refractivity contribution in [2.75, 3.05) is 37.7 Å². The first-order chi connectivity index (χ1) is 9.74. The van der Waals surface area contributed by atoms with E-state index in [1.807, 2.05) is 0 Å². The predicted molar refractivity (Wildman–Crippen MR) is 74.1 cm³/mol. The molecule has 110 valence electrons. The summed E-state index contributed by atoms with van der Waals surface area (Å²) in [4.78, 5) is 2.09. The molecule has 2 fully saturated rings. The second kappa shape index (κ2) is 6.06. The monoisotopic (exact) mass is 282 g/mol. The van der Waals surface area contributed by atoms with Crippen LogP contribution in [0, 0.1) is 11.6 Å². The molecule has 0 aliphatic carbocycles. The molecule has 2 saturated heterocycles. The Labute approximate surface area is 117 Å². The Balaban J connectivity index is 1.86. The molecule has 0 saturated carbocycles. The summed E-state index contributed by atoms with van der Waals surface area (Å²) in [7, 11) is 0. The summed E-state index contributed by atoms with van der Waals surface area (Å²) in [5.41, 5.74) is 1.71. The molecule has 3 nitrogen and oxygen atoms in total. The summed E-state index contributed by atoms with van der Waals surface area (Å²) in [5.74, 6) is -1.52. The first kappa shape index (κ1) is 13.8. The first-order valence-electron chi connectivity index (χ1n) is 7.28. The van der Waals surface area contributed by atoms with Gasteiger partial charge in [-0.15, -0.1) is 0 Å². The van der Waals surface area contributed by atoms with Gasteiger partial charge in [-0.1, -0.05) is 0 Å². The summed E-state index contributed by atoms with van der Waals surface area (Å²) in [6.45, 7) is 3.76. The first-order valence-corrected chi connectivity index (χ1v) is 7.28. The van der Waals surface area contributed by atoms with Gasteiger partial charge < -0.3 is 15.0 Å². The van der Waals surface area contributed by atoms with E-state index in [1.165, 1.54) is 12.1 Å². The zero-order chi connectivity index (χ0) is 13.9. The molecule has 0 bridgehead atoms. The maximum atomic E-state index is 13.6. The van der Waals surface area contributed by atoms with Gasteiger partial charge in [0.1, 0.15) is 0 Å². The Hall–Kier alpha value is -1.20. The summed E-state index contributed by atoms with van der Waals surface area (Å²) in [6, 6.07) is 3.07. The smallest absolute Gasteiger partial charge is 0.160 e. The molecule has 2 aliphatic heterocycles. The lowest BCUT2D eigenvalue weighted by molar-refractivity contribution is 0.122. The molecule has 1 N–H and O–H groups in total. The third kappa shape index (κ3) is 2.94. The average molecular weight is 282 g/mol. The lowest BCUT2D eigenvalue weighted by Gasteiger charge is -2.31. The van der Waals surface area contributed by atoms with E-state index >= 15 is 0 Å². The van der Waals surface area contributed by atoms with Gasteiger partial charge in [-0.25, -0.2) is 8.78 Å². The van der Waals surface area contributed by atoms with E-state index < -0.39 is 11.6 Å². The standard InChI is InChI=1S/C15H20F2N2O/c16-13-9-11(8-12-2-1-3-18-12)15(10-14(13)17)19-4-6-20-7-5-19/h9-10,12,18H,1-8H2. The largest absolute Gasteiger partial charge is 0.378 e. The molecule has 1 aromatic carbocycles. The maximum absolute atomic E-state index is 13.6. The van der Waals surface area contributed by atoms with Gasteiger partial charge in [0, 0.05) is 30.9 Å². The molecule has 0 amide bonds. The number of hydrogen-bond acceptors (Lipinski definition) is 3. The minimum absolute atomic E-state index is 0.375. The van der Waals surface area contributed by atoms with Crippen LogP contribution in [0.5, 0.6) is 0 Å². The van der Waals surface area contributed by atoms with Crippen LogP contribution in [0.2, 0.25) is 0 Å². The van der Waals surface area contributed by atoms with Crippen molar-refractivity contribution in [3.63, 3.8) is 0 Å². The fourth-order valence-corrected chi connectivity index (χ4v) is 3.04. The highest BCUT2D eigenvalue weighted by Crippen LogP contribution is 2.27. The fraction of sp³-hybridized carbons (Fsp3) is 0.600. The van der Waals surface area contributed by atoms with Gasteiger partial charge in [0.15, 0.2) is 11.6 Å². The van der Waals surface area contributed by atoms with Gasteiger partial charge in [-0.2, -0.15) is 0 Å². The minimum atomic E-state index is -0.769. The van der Waals surface area contributed by atoms with Crippen molar-refractivity contribution in [1.29, 1.82) is 0 Å². The molecule has 20 heavy (non-hydrogen) atoms. The van der Waals surface area contributed by atoms with Crippen LogP contribution in [0.15, 0.2) is 12.1 Å². The highest BCUT2D eigenvalue weighted by Gasteiger charge is 2.21. The van der Waals surface area contributed by atoms with E-state index in [-0.39, 0.29) is 0 Å². The molecule has 3 rings (SSSR count). The van der Waals surface area contributed by atoms with Gasteiger partial charge in [0.25, 0.3) is 0 Å². The van der Waals surface area contributed by atoms with E-state index in [0.717, 1.165) is 50.1 Å². The number of ether oxygens (including phenoxy) is 1. The Morgan fingerprint density at radius 3 is 2.65 bits per heavy atom. The average Bonchev–Trinajstić information content (AvgIpc) is 2.96. The molecule has 1 unspecified atom stereocenters. The summed E-state index contributed by atoms with van der Waals surface area (Å²) >= 11 is 0. The lowest BCUT2D eigenvalue weighted by Crippen LogP contribution is -2.37. The molecule has 1 aromatic rings. The van der Waals surface area contributed by atoms with E-state index in [9.17, 15) is 8.78 Å². The van der Waals surface area contributed by atoms with E-state index in [4.69, 9.17) is 4.74 Å². The number of anilines is 1.